The Morgan fingerprint density at radius 2 is 1.86 bits per heavy atom. The third-order valence-corrected chi connectivity index (χ3v) is 3.00. The Bertz CT molecular complexity index is 755. The molecule has 2 heterocycles. The number of nitrogens with one attached hydrogen (secondary N) is 1. The second kappa shape index (κ2) is 6.04. The molecule has 2 amide bonds. The van der Waals surface area contributed by atoms with E-state index in [-0.39, 0.29) is 5.82 Å². The number of benzene rings is 1. The SMILES string of the molecule is O=C1C=CC(c2ccccc2NC(=O)c2ncccn2)N=N1. The van der Waals surface area contributed by atoms with Crippen LogP contribution in [0.5, 0.6) is 0 Å². The highest BCUT2D eigenvalue weighted by atomic mass is 16.2. The minimum atomic E-state index is -0.416. The lowest BCUT2D eigenvalue weighted by Gasteiger charge is -2.14. The van der Waals surface area contributed by atoms with Crippen LogP contribution in [0.4, 0.5) is 5.69 Å². The molecule has 1 aromatic carbocycles. The van der Waals surface area contributed by atoms with Crippen LogP contribution < -0.4 is 5.32 Å². The Balaban J connectivity index is 1.86. The van der Waals surface area contributed by atoms with E-state index in [9.17, 15) is 9.59 Å². The molecule has 0 spiro atoms. The summed E-state index contributed by atoms with van der Waals surface area (Å²) in [6.45, 7) is 0. The van der Waals surface area contributed by atoms with Crippen molar-refractivity contribution in [2.75, 3.05) is 5.32 Å². The molecule has 1 aliphatic rings. The molecule has 1 N–H and O–H groups in total. The van der Waals surface area contributed by atoms with Crippen LogP contribution in [0.2, 0.25) is 0 Å². The molecule has 0 radical (unpaired) electrons. The van der Waals surface area contributed by atoms with Gasteiger partial charge in [0.1, 0.15) is 6.04 Å². The van der Waals surface area contributed by atoms with Gasteiger partial charge in [-0.1, -0.05) is 18.2 Å². The molecule has 0 fully saturated rings. The van der Waals surface area contributed by atoms with E-state index >= 15 is 0 Å². The number of aromatic nitrogens is 2. The predicted molar refractivity (Wildman–Crippen MR) is 78.2 cm³/mol. The Labute approximate surface area is 125 Å². The van der Waals surface area contributed by atoms with Crippen LogP contribution in [-0.2, 0) is 4.79 Å². The fourth-order valence-electron chi connectivity index (χ4n) is 1.99. The van der Waals surface area contributed by atoms with Crippen molar-refractivity contribution in [2.45, 2.75) is 6.04 Å². The normalized spacial score (nSPS) is 16.5. The van der Waals surface area contributed by atoms with E-state index in [0.717, 1.165) is 5.56 Å². The number of para-hydroxylation sites is 1. The lowest BCUT2D eigenvalue weighted by molar-refractivity contribution is -0.114. The summed E-state index contributed by atoms with van der Waals surface area (Å²) in [6, 6.07) is 8.39. The van der Waals surface area contributed by atoms with Gasteiger partial charge in [-0.15, -0.1) is 5.11 Å². The van der Waals surface area contributed by atoms with E-state index in [0.29, 0.717) is 5.69 Å². The Kier molecular flexibility index (Phi) is 3.78. The van der Waals surface area contributed by atoms with Gasteiger partial charge in [0.05, 0.1) is 0 Å². The van der Waals surface area contributed by atoms with Gasteiger partial charge in [0.25, 0.3) is 11.8 Å². The van der Waals surface area contributed by atoms with Crippen LogP contribution in [0.3, 0.4) is 0 Å². The summed E-state index contributed by atoms with van der Waals surface area (Å²) in [5.74, 6) is -0.732. The summed E-state index contributed by atoms with van der Waals surface area (Å²) in [6.07, 6.45) is 5.99. The molecule has 1 atom stereocenters. The first kappa shape index (κ1) is 13.7. The molecule has 7 nitrogen and oxygen atoms in total. The fourth-order valence-corrected chi connectivity index (χ4v) is 1.99. The number of anilines is 1. The average molecular weight is 293 g/mol. The Morgan fingerprint density at radius 3 is 2.59 bits per heavy atom. The molecule has 108 valence electrons. The second-order valence-electron chi connectivity index (χ2n) is 4.47. The van der Waals surface area contributed by atoms with Crippen LogP contribution >= 0.6 is 0 Å². The first-order valence-electron chi connectivity index (χ1n) is 6.54. The van der Waals surface area contributed by atoms with Gasteiger partial charge in [-0.25, -0.2) is 9.97 Å². The van der Waals surface area contributed by atoms with Gasteiger partial charge in [0.2, 0.25) is 5.82 Å². The zero-order valence-electron chi connectivity index (χ0n) is 11.4. The monoisotopic (exact) mass is 293 g/mol. The van der Waals surface area contributed by atoms with Crippen molar-refractivity contribution in [3.8, 4) is 0 Å². The van der Waals surface area contributed by atoms with Crippen molar-refractivity contribution < 1.29 is 9.59 Å². The summed E-state index contributed by atoms with van der Waals surface area (Å²) in [5.41, 5.74) is 1.31. The van der Waals surface area contributed by atoms with E-state index in [4.69, 9.17) is 0 Å². The maximum atomic E-state index is 12.1. The summed E-state index contributed by atoms with van der Waals surface area (Å²) in [4.78, 5) is 31.0. The van der Waals surface area contributed by atoms with Gasteiger partial charge in [0, 0.05) is 29.7 Å². The first-order valence-corrected chi connectivity index (χ1v) is 6.54. The van der Waals surface area contributed by atoms with Crippen molar-refractivity contribution in [2.24, 2.45) is 10.2 Å². The average Bonchev–Trinajstić information content (AvgIpc) is 2.57. The maximum Gasteiger partial charge on any atom is 0.293 e. The minimum absolute atomic E-state index is 0.0771. The molecule has 1 unspecified atom stereocenters. The summed E-state index contributed by atoms with van der Waals surface area (Å²) in [7, 11) is 0. The third kappa shape index (κ3) is 2.93. The molecule has 0 saturated heterocycles. The number of azo groups is 1. The zero-order valence-corrected chi connectivity index (χ0v) is 11.4. The minimum Gasteiger partial charge on any atom is -0.319 e. The maximum absolute atomic E-state index is 12.1. The molecule has 1 aliphatic heterocycles. The predicted octanol–water partition coefficient (Wildman–Crippen LogP) is 2.32. The lowest BCUT2D eigenvalue weighted by Crippen LogP contribution is -2.16. The van der Waals surface area contributed by atoms with Crippen LogP contribution in [-0.4, -0.2) is 21.8 Å². The van der Waals surface area contributed by atoms with Crippen molar-refractivity contribution in [1.29, 1.82) is 0 Å². The van der Waals surface area contributed by atoms with E-state index < -0.39 is 17.9 Å². The number of nitrogens with zero attached hydrogens (tertiary/aromatic N) is 4. The Morgan fingerprint density at radius 1 is 1.09 bits per heavy atom. The van der Waals surface area contributed by atoms with Crippen molar-refractivity contribution >= 4 is 17.5 Å². The van der Waals surface area contributed by atoms with Gasteiger partial charge >= 0.3 is 0 Å². The Hall–Kier alpha value is -3.22. The summed E-state index contributed by atoms with van der Waals surface area (Å²) < 4.78 is 0. The van der Waals surface area contributed by atoms with E-state index in [2.05, 4.69) is 25.5 Å². The topological polar surface area (TPSA) is 96.7 Å². The van der Waals surface area contributed by atoms with Crippen LogP contribution in [0.1, 0.15) is 22.2 Å². The van der Waals surface area contributed by atoms with Gasteiger partial charge in [-0.05, 0) is 18.2 Å². The van der Waals surface area contributed by atoms with E-state index in [1.54, 1.807) is 24.3 Å². The molecule has 2 aromatic rings. The number of carbonyl (C=O) groups excluding carboxylic acids is 2. The highest BCUT2D eigenvalue weighted by Crippen LogP contribution is 2.28. The van der Waals surface area contributed by atoms with Gasteiger partial charge in [-0.2, -0.15) is 5.11 Å². The number of hydrogen-bond acceptors (Lipinski definition) is 5. The van der Waals surface area contributed by atoms with E-state index in [1.165, 1.54) is 18.5 Å². The zero-order chi connectivity index (χ0) is 15.4. The molecular weight excluding hydrogens is 282 g/mol. The van der Waals surface area contributed by atoms with Crippen molar-refractivity contribution in [1.82, 2.24) is 9.97 Å². The number of carbonyl (C=O) groups is 2. The van der Waals surface area contributed by atoms with Gasteiger partial charge in [0.15, 0.2) is 0 Å². The lowest BCUT2D eigenvalue weighted by atomic mass is 10.0. The molecule has 1 aromatic heterocycles. The van der Waals surface area contributed by atoms with Crippen molar-refractivity contribution in [3.05, 3.63) is 66.3 Å². The molecule has 0 bridgehead atoms. The second-order valence-corrected chi connectivity index (χ2v) is 4.47. The van der Waals surface area contributed by atoms with Crippen LogP contribution in [0.25, 0.3) is 0 Å². The summed E-state index contributed by atoms with van der Waals surface area (Å²) >= 11 is 0. The van der Waals surface area contributed by atoms with Crippen molar-refractivity contribution in [3.63, 3.8) is 0 Å². The van der Waals surface area contributed by atoms with Crippen LogP contribution in [0, 0.1) is 0 Å². The first-order chi connectivity index (χ1) is 10.7. The molecular formula is C15H11N5O2. The fraction of sp³-hybridized carbons (Fsp3) is 0.0667. The molecule has 0 aliphatic carbocycles. The number of hydrogen-bond donors (Lipinski definition) is 1. The molecule has 0 saturated carbocycles. The summed E-state index contributed by atoms with van der Waals surface area (Å²) in [5, 5.41) is 10.2. The molecule has 22 heavy (non-hydrogen) atoms. The third-order valence-electron chi connectivity index (χ3n) is 3.00. The standard InChI is InChI=1S/C15H11N5O2/c21-13-7-6-12(19-20-13)10-4-1-2-5-11(10)18-15(22)14-16-8-3-9-17-14/h1-9,12H,(H,18,22). The number of rotatable bonds is 3. The quantitative estimate of drug-likeness (QED) is 0.939. The van der Waals surface area contributed by atoms with Gasteiger partial charge in [-0.3, -0.25) is 9.59 Å². The molecule has 7 heteroatoms. The number of amides is 2. The largest absolute Gasteiger partial charge is 0.319 e. The molecule has 3 rings (SSSR count). The highest BCUT2D eigenvalue weighted by Gasteiger charge is 2.17. The highest BCUT2D eigenvalue weighted by molar-refractivity contribution is 6.02. The van der Waals surface area contributed by atoms with E-state index in [1.807, 2.05) is 12.1 Å². The van der Waals surface area contributed by atoms with Crippen LogP contribution in [0.15, 0.2) is 65.1 Å². The van der Waals surface area contributed by atoms with Gasteiger partial charge < -0.3 is 5.32 Å². The smallest absolute Gasteiger partial charge is 0.293 e.